The van der Waals surface area contributed by atoms with E-state index in [9.17, 15) is 5.11 Å². The SMILES string of the molecule is CCC(O)(c1ncccn1)C1CNC1. The second-order valence-electron chi connectivity index (χ2n) is 3.71. The Morgan fingerprint density at radius 3 is 2.57 bits per heavy atom. The van der Waals surface area contributed by atoms with Crippen LogP contribution in [-0.2, 0) is 5.60 Å². The van der Waals surface area contributed by atoms with E-state index < -0.39 is 5.60 Å². The summed E-state index contributed by atoms with van der Waals surface area (Å²) < 4.78 is 0. The molecule has 76 valence electrons. The van der Waals surface area contributed by atoms with E-state index in [1.807, 2.05) is 6.92 Å². The molecule has 0 radical (unpaired) electrons. The third-order valence-electron chi connectivity index (χ3n) is 2.95. The van der Waals surface area contributed by atoms with E-state index in [1.165, 1.54) is 0 Å². The summed E-state index contributed by atoms with van der Waals surface area (Å²) >= 11 is 0. The van der Waals surface area contributed by atoms with Crippen LogP contribution in [0, 0.1) is 5.92 Å². The average molecular weight is 193 g/mol. The van der Waals surface area contributed by atoms with Gasteiger partial charge in [-0.25, -0.2) is 9.97 Å². The lowest BCUT2D eigenvalue weighted by atomic mass is 9.80. The van der Waals surface area contributed by atoms with Crippen LogP contribution in [0.3, 0.4) is 0 Å². The van der Waals surface area contributed by atoms with Gasteiger partial charge in [0, 0.05) is 31.4 Å². The zero-order chi connectivity index (χ0) is 10.0. The highest BCUT2D eigenvalue weighted by atomic mass is 16.3. The van der Waals surface area contributed by atoms with Crippen molar-refractivity contribution in [3.05, 3.63) is 24.3 Å². The van der Waals surface area contributed by atoms with Crippen LogP contribution in [0.15, 0.2) is 18.5 Å². The van der Waals surface area contributed by atoms with E-state index in [4.69, 9.17) is 0 Å². The van der Waals surface area contributed by atoms with Gasteiger partial charge in [0.25, 0.3) is 0 Å². The van der Waals surface area contributed by atoms with Crippen molar-refractivity contribution in [2.75, 3.05) is 13.1 Å². The molecule has 1 aromatic rings. The third-order valence-corrected chi connectivity index (χ3v) is 2.95. The molecule has 1 saturated heterocycles. The van der Waals surface area contributed by atoms with Crippen molar-refractivity contribution in [2.45, 2.75) is 18.9 Å². The van der Waals surface area contributed by atoms with Crippen LogP contribution in [0.1, 0.15) is 19.2 Å². The van der Waals surface area contributed by atoms with E-state index in [0.717, 1.165) is 13.1 Å². The van der Waals surface area contributed by atoms with Gasteiger partial charge in [-0.15, -0.1) is 0 Å². The van der Waals surface area contributed by atoms with E-state index >= 15 is 0 Å². The summed E-state index contributed by atoms with van der Waals surface area (Å²) in [5, 5.41) is 13.6. The molecule has 1 aromatic heterocycles. The molecule has 1 aliphatic rings. The van der Waals surface area contributed by atoms with Gasteiger partial charge in [-0.05, 0) is 12.5 Å². The molecular formula is C10H15N3O. The molecule has 2 rings (SSSR count). The van der Waals surface area contributed by atoms with Gasteiger partial charge in [0.1, 0.15) is 5.60 Å². The molecule has 0 amide bonds. The summed E-state index contributed by atoms with van der Waals surface area (Å²) in [6.45, 7) is 3.67. The van der Waals surface area contributed by atoms with Crippen molar-refractivity contribution in [1.82, 2.24) is 15.3 Å². The van der Waals surface area contributed by atoms with E-state index in [1.54, 1.807) is 18.5 Å². The minimum Gasteiger partial charge on any atom is -0.381 e. The molecular weight excluding hydrogens is 178 g/mol. The van der Waals surface area contributed by atoms with Gasteiger partial charge in [0.2, 0.25) is 0 Å². The molecule has 14 heavy (non-hydrogen) atoms. The Balaban J connectivity index is 2.27. The fraction of sp³-hybridized carbons (Fsp3) is 0.600. The quantitative estimate of drug-likeness (QED) is 0.724. The number of hydrogen-bond donors (Lipinski definition) is 2. The van der Waals surface area contributed by atoms with E-state index in [-0.39, 0.29) is 5.92 Å². The monoisotopic (exact) mass is 193 g/mol. The Labute approximate surface area is 83.4 Å². The zero-order valence-electron chi connectivity index (χ0n) is 8.27. The lowest BCUT2D eigenvalue weighted by Crippen LogP contribution is -2.54. The average Bonchev–Trinajstić information content (AvgIpc) is 2.16. The molecule has 0 aromatic carbocycles. The van der Waals surface area contributed by atoms with Gasteiger partial charge < -0.3 is 10.4 Å². The molecule has 1 fully saturated rings. The Morgan fingerprint density at radius 2 is 2.14 bits per heavy atom. The second-order valence-corrected chi connectivity index (χ2v) is 3.71. The standard InChI is InChI=1S/C10H15N3O/c1-2-10(14,8-6-11-7-8)9-12-4-3-5-13-9/h3-5,8,11,14H,2,6-7H2,1H3. The van der Waals surface area contributed by atoms with Crippen molar-refractivity contribution in [1.29, 1.82) is 0 Å². The predicted molar refractivity (Wildman–Crippen MR) is 52.6 cm³/mol. The molecule has 2 N–H and O–H groups in total. The second kappa shape index (κ2) is 3.63. The summed E-state index contributed by atoms with van der Waals surface area (Å²) in [6, 6.07) is 1.76. The van der Waals surface area contributed by atoms with Crippen molar-refractivity contribution >= 4 is 0 Å². The van der Waals surface area contributed by atoms with Gasteiger partial charge in [0.15, 0.2) is 5.82 Å². The summed E-state index contributed by atoms with van der Waals surface area (Å²) in [5.41, 5.74) is -0.855. The first kappa shape index (κ1) is 9.55. The number of nitrogens with zero attached hydrogens (tertiary/aromatic N) is 2. The Morgan fingerprint density at radius 1 is 1.50 bits per heavy atom. The Hall–Kier alpha value is -1.00. The maximum atomic E-state index is 10.4. The van der Waals surface area contributed by atoms with Gasteiger partial charge in [-0.2, -0.15) is 0 Å². The van der Waals surface area contributed by atoms with Crippen molar-refractivity contribution in [3.8, 4) is 0 Å². The number of aromatic nitrogens is 2. The molecule has 0 bridgehead atoms. The Bertz CT molecular complexity index is 299. The molecule has 1 unspecified atom stereocenters. The normalized spacial score (nSPS) is 21.3. The van der Waals surface area contributed by atoms with Crippen LogP contribution in [-0.4, -0.2) is 28.2 Å². The highest BCUT2D eigenvalue weighted by Gasteiger charge is 2.42. The molecule has 1 atom stereocenters. The minimum absolute atomic E-state index is 0.245. The number of aliphatic hydroxyl groups is 1. The van der Waals surface area contributed by atoms with Crippen molar-refractivity contribution in [2.24, 2.45) is 5.92 Å². The van der Waals surface area contributed by atoms with Crippen molar-refractivity contribution in [3.63, 3.8) is 0 Å². The van der Waals surface area contributed by atoms with Crippen LogP contribution in [0.4, 0.5) is 0 Å². The van der Waals surface area contributed by atoms with Crippen LogP contribution in [0.25, 0.3) is 0 Å². The molecule has 0 spiro atoms. The fourth-order valence-corrected chi connectivity index (χ4v) is 1.78. The molecule has 0 aliphatic carbocycles. The van der Waals surface area contributed by atoms with Crippen LogP contribution in [0.2, 0.25) is 0 Å². The van der Waals surface area contributed by atoms with E-state index in [2.05, 4.69) is 15.3 Å². The summed E-state index contributed by atoms with van der Waals surface area (Å²) in [6.07, 6.45) is 4.01. The first-order valence-electron chi connectivity index (χ1n) is 4.98. The highest BCUT2D eigenvalue weighted by Crippen LogP contribution is 2.32. The lowest BCUT2D eigenvalue weighted by molar-refractivity contribution is -0.0555. The highest BCUT2D eigenvalue weighted by molar-refractivity contribution is 5.07. The van der Waals surface area contributed by atoms with Gasteiger partial charge in [-0.1, -0.05) is 6.92 Å². The predicted octanol–water partition coefficient (Wildman–Crippen LogP) is 0.294. The van der Waals surface area contributed by atoms with Crippen molar-refractivity contribution < 1.29 is 5.11 Å². The number of rotatable bonds is 3. The molecule has 4 heteroatoms. The van der Waals surface area contributed by atoms with E-state index in [0.29, 0.717) is 12.2 Å². The topological polar surface area (TPSA) is 58.0 Å². The first-order chi connectivity index (χ1) is 6.77. The van der Waals surface area contributed by atoms with Gasteiger partial charge in [-0.3, -0.25) is 0 Å². The summed E-state index contributed by atoms with van der Waals surface area (Å²) in [7, 11) is 0. The first-order valence-corrected chi connectivity index (χ1v) is 4.98. The maximum absolute atomic E-state index is 10.4. The van der Waals surface area contributed by atoms with Gasteiger partial charge in [0.05, 0.1) is 0 Å². The molecule has 0 saturated carbocycles. The smallest absolute Gasteiger partial charge is 0.160 e. The maximum Gasteiger partial charge on any atom is 0.160 e. The molecule has 4 nitrogen and oxygen atoms in total. The Kier molecular flexibility index (Phi) is 2.48. The van der Waals surface area contributed by atoms with Crippen LogP contribution in [0.5, 0.6) is 0 Å². The summed E-state index contributed by atoms with van der Waals surface area (Å²) in [5.74, 6) is 0.795. The zero-order valence-corrected chi connectivity index (χ0v) is 8.27. The molecule has 1 aliphatic heterocycles. The number of nitrogens with one attached hydrogen (secondary N) is 1. The fourth-order valence-electron chi connectivity index (χ4n) is 1.78. The minimum atomic E-state index is -0.855. The van der Waals surface area contributed by atoms with Crippen LogP contribution >= 0.6 is 0 Å². The molecule has 2 heterocycles. The van der Waals surface area contributed by atoms with Gasteiger partial charge >= 0.3 is 0 Å². The lowest BCUT2D eigenvalue weighted by Gasteiger charge is -2.40. The van der Waals surface area contributed by atoms with Crippen LogP contribution < -0.4 is 5.32 Å². The number of hydrogen-bond acceptors (Lipinski definition) is 4. The largest absolute Gasteiger partial charge is 0.381 e. The third kappa shape index (κ3) is 1.40. The summed E-state index contributed by atoms with van der Waals surface area (Å²) in [4.78, 5) is 8.27.